The van der Waals surface area contributed by atoms with E-state index in [9.17, 15) is 4.79 Å². The van der Waals surface area contributed by atoms with Crippen molar-refractivity contribution in [3.63, 3.8) is 0 Å². The van der Waals surface area contributed by atoms with Crippen LogP contribution in [0.15, 0.2) is 6.07 Å². The number of nitrogens with zero attached hydrogens (tertiary/aromatic N) is 3. The summed E-state index contributed by atoms with van der Waals surface area (Å²) in [6.45, 7) is 4.07. The van der Waals surface area contributed by atoms with Crippen molar-refractivity contribution in [1.82, 2.24) is 15.1 Å². The lowest BCUT2D eigenvalue weighted by Gasteiger charge is -2.09. The first-order valence-corrected chi connectivity index (χ1v) is 6.27. The Morgan fingerprint density at radius 1 is 1.61 bits per heavy atom. The minimum absolute atomic E-state index is 0.213. The van der Waals surface area contributed by atoms with Crippen molar-refractivity contribution >= 4 is 5.91 Å². The van der Waals surface area contributed by atoms with Gasteiger partial charge in [-0.3, -0.25) is 9.48 Å². The second-order valence-corrected chi connectivity index (χ2v) is 5.15. The predicted octanol–water partition coefficient (Wildman–Crippen LogP) is 1.58. The highest BCUT2D eigenvalue weighted by molar-refractivity contribution is 5.93. The van der Waals surface area contributed by atoms with E-state index in [-0.39, 0.29) is 17.9 Å². The highest BCUT2D eigenvalue weighted by Gasteiger charge is 2.33. The molecule has 2 rings (SSSR count). The highest BCUT2D eigenvalue weighted by Crippen LogP contribution is 2.32. The molecule has 96 valence electrons. The molecule has 1 fully saturated rings. The maximum absolute atomic E-state index is 12.1. The molecule has 1 amide bonds. The maximum atomic E-state index is 12.1. The monoisotopic (exact) mass is 246 g/mol. The zero-order chi connectivity index (χ0) is 13.3. The molecule has 1 aliphatic carbocycles. The standard InChI is InChI=1S/C13H18N4O/c1-8(2)10-6-12(17(3)16-10)13(18)15-11(7-14)9-4-5-9/h6,8-9,11H,4-5H2,1-3H3,(H,15,18). The molecule has 18 heavy (non-hydrogen) atoms. The van der Waals surface area contributed by atoms with Gasteiger partial charge in [0.1, 0.15) is 11.7 Å². The minimum Gasteiger partial charge on any atom is -0.335 e. The van der Waals surface area contributed by atoms with Crippen molar-refractivity contribution in [3.05, 3.63) is 17.5 Å². The Balaban J connectivity index is 2.11. The molecule has 0 spiro atoms. The normalized spacial score (nSPS) is 16.4. The smallest absolute Gasteiger partial charge is 0.270 e. The Morgan fingerprint density at radius 2 is 2.28 bits per heavy atom. The Kier molecular flexibility index (Phi) is 3.37. The topological polar surface area (TPSA) is 70.7 Å². The van der Waals surface area contributed by atoms with Crippen molar-refractivity contribution in [2.45, 2.75) is 38.6 Å². The van der Waals surface area contributed by atoms with Crippen molar-refractivity contribution in [1.29, 1.82) is 5.26 Å². The summed E-state index contributed by atoms with van der Waals surface area (Å²) in [6.07, 6.45) is 2.06. The predicted molar refractivity (Wildman–Crippen MR) is 66.9 cm³/mol. The van der Waals surface area contributed by atoms with Gasteiger partial charge < -0.3 is 5.32 Å². The largest absolute Gasteiger partial charge is 0.335 e. The lowest BCUT2D eigenvalue weighted by Crippen LogP contribution is -2.36. The second kappa shape index (κ2) is 4.81. The number of nitrogens with one attached hydrogen (secondary N) is 1. The molecule has 1 heterocycles. The van der Waals surface area contributed by atoms with Gasteiger partial charge in [-0.15, -0.1) is 0 Å². The highest BCUT2D eigenvalue weighted by atomic mass is 16.2. The summed E-state index contributed by atoms with van der Waals surface area (Å²) < 4.78 is 1.58. The zero-order valence-corrected chi connectivity index (χ0v) is 11.0. The van der Waals surface area contributed by atoms with Crippen LogP contribution in [-0.2, 0) is 7.05 Å². The first kappa shape index (κ1) is 12.6. The Hall–Kier alpha value is -1.83. The molecular weight excluding hydrogens is 228 g/mol. The van der Waals surface area contributed by atoms with E-state index in [1.165, 1.54) is 0 Å². The number of carbonyl (C=O) groups is 1. The molecule has 0 radical (unpaired) electrons. The van der Waals surface area contributed by atoms with Gasteiger partial charge >= 0.3 is 0 Å². The van der Waals surface area contributed by atoms with E-state index in [1.54, 1.807) is 17.8 Å². The quantitative estimate of drug-likeness (QED) is 0.876. The Bertz CT molecular complexity index is 494. The van der Waals surface area contributed by atoms with E-state index in [0.717, 1.165) is 18.5 Å². The summed E-state index contributed by atoms with van der Waals surface area (Å²) in [5.41, 5.74) is 1.40. The fraction of sp³-hybridized carbons (Fsp3) is 0.615. The van der Waals surface area contributed by atoms with Crippen LogP contribution in [0.5, 0.6) is 0 Å². The average molecular weight is 246 g/mol. The molecule has 1 aromatic heterocycles. The molecule has 0 saturated heterocycles. The fourth-order valence-corrected chi connectivity index (χ4v) is 1.88. The molecule has 1 unspecified atom stereocenters. The van der Waals surface area contributed by atoms with E-state index in [0.29, 0.717) is 11.6 Å². The summed E-state index contributed by atoms with van der Waals surface area (Å²) in [6, 6.07) is 3.58. The number of hydrogen-bond acceptors (Lipinski definition) is 3. The molecular formula is C13H18N4O. The van der Waals surface area contributed by atoms with Crippen LogP contribution >= 0.6 is 0 Å². The van der Waals surface area contributed by atoms with Gasteiger partial charge in [0.25, 0.3) is 5.91 Å². The zero-order valence-electron chi connectivity index (χ0n) is 11.0. The third-order valence-corrected chi connectivity index (χ3v) is 3.24. The molecule has 1 aliphatic rings. The molecule has 5 nitrogen and oxygen atoms in total. The number of aryl methyl sites for hydroxylation is 1. The van der Waals surface area contributed by atoms with Crippen LogP contribution in [0.3, 0.4) is 0 Å². The molecule has 1 N–H and O–H groups in total. The summed E-state index contributed by atoms with van der Waals surface area (Å²) in [5.74, 6) is 0.403. The van der Waals surface area contributed by atoms with Crippen molar-refractivity contribution in [2.75, 3.05) is 0 Å². The number of nitriles is 1. The number of carbonyl (C=O) groups excluding carboxylic acids is 1. The first-order chi connectivity index (χ1) is 8.52. The van der Waals surface area contributed by atoms with Crippen LogP contribution in [0.25, 0.3) is 0 Å². The van der Waals surface area contributed by atoms with Gasteiger partial charge in [0.15, 0.2) is 0 Å². The number of hydrogen-bond donors (Lipinski definition) is 1. The molecule has 5 heteroatoms. The molecule has 1 atom stereocenters. The lowest BCUT2D eigenvalue weighted by atomic mass is 10.1. The summed E-state index contributed by atoms with van der Waals surface area (Å²) in [4.78, 5) is 12.1. The number of amides is 1. The van der Waals surface area contributed by atoms with Crippen LogP contribution < -0.4 is 5.32 Å². The Labute approximate surface area is 107 Å². The summed E-state index contributed by atoms with van der Waals surface area (Å²) in [7, 11) is 1.75. The van der Waals surface area contributed by atoms with Crippen LogP contribution in [0.2, 0.25) is 0 Å². The maximum Gasteiger partial charge on any atom is 0.270 e. The van der Waals surface area contributed by atoms with E-state index in [4.69, 9.17) is 5.26 Å². The van der Waals surface area contributed by atoms with Crippen molar-refractivity contribution < 1.29 is 4.79 Å². The van der Waals surface area contributed by atoms with E-state index < -0.39 is 0 Å². The van der Waals surface area contributed by atoms with Gasteiger partial charge in [-0.25, -0.2) is 0 Å². The molecule has 0 bridgehead atoms. The van der Waals surface area contributed by atoms with Crippen molar-refractivity contribution in [3.8, 4) is 6.07 Å². The van der Waals surface area contributed by atoms with Gasteiger partial charge in [0, 0.05) is 7.05 Å². The SMILES string of the molecule is CC(C)c1cc(C(=O)NC(C#N)C2CC2)n(C)n1. The molecule has 1 saturated carbocycles. The third-order valence-electron chi connectivity index (χ3n) is 3.24. The van der Waals surface area contributed by atoms with Crippen LogP contribution in [0.4, 0.5) is 0 Å². The first-order valence-electron chi connectivity index (χ1n) is 6.27. The molecule has 0 aromatic carbocycles. The minimum atomic E-state index is -0.366. The van der Waals surface area contributed by atoms with Crippen molar-refractivity contribution in [2.24, 2.45) is 13.0 Å². The number of aromatic nitrogens is 2. The average Bonchev–Trinajstić information content (AvgIpc) is 3.08. The third kappa shape index (κ3) is 2.53. The lowest BCUT2D eigenvalue weighted by molar-refractivity contribution is 0.0932. The van der Waals surface area contributed by atoms with Crippen LogP contribution in [0, 0.1) is 17.2 Å². The van der Waals surface area contributed by atoms with Gasteiger partial charge in [-0.05, 0) is 30.7 Å². The van der Waals surface area contributed by atoms with Gasteiger partial charge in [0.2, 0.25) is 0 Å². The molecule has 1 aromatic rings. The Morgan fingerprint density at radius 3 is 2.72 bits per heavy atom. The molecule has 0 aliphatic heterocycles. The second-order valence-electron chi connectivity index (χ2n) is 5.15. The van der Waals surface area contributed by atoms with Crippen LogP contribution in [0.1, 0.15) is 48.8 Å². The van der Waals surface area contributed by atoms with Crippen LogP contribution in [-0.4, -0.2) is 21.7 Å². The van der Waals surface area contributed by atoms with E-state index in [1.807, 2.05) is 13.8 Å². The van der Waals surface area contributed by atoms with E-state index >= 15 is 0 Å². The summed E-state index contributed by atoms with van der Waals surface area (Å²) >= 11 is 0. The number of rotatable bonds is 4. The summed E-state index contributed by atoms with van der Waals surface area (Å²) in [5, 5.41) is 16.1. The van der Waals surface area contributed by atoms with Gasteiger partial charge in [-0.2, -0.15) is 10.4 Å². The van der Waals surface area contributed by atoms with Gasteiger partial charge in [0.05, 0.1) is 11.8 Å². The fourth-order valence-electron chi connectivity index (χ4n) is 1.88. The van der Waals surface area contributed by atoms with E-state index in [2.05, 4.69) is 16.5 Å². The van der Waals surface area contributed by atoms with Gasteiger partial charge in [-0.1, -0.05) is 13.8 Å².